The number of hydrogen-bond acceptors (Lipinski definition) is 5. The van der Waals surface area contributed by atoms with Crippen LogP contribution < -0.4 is 5.32 Å². The molecule has 2 heterocycles. The minimum Gasteiger partial charge on any atom is -0.463 e. The smallest absolute Gasteiger partial charge is 0.336 e. The Bertz CT molecular complexity index is 626. The van der Waals surface area contributed by atoms with Crippen molar-refractivity contribution in [2.45, 2.75) is 33.6 Å². The van der Waals surface area contributed by atoms with Crippen molar-refractivity contribution in [2.75, 3.05) is 6.61 Å². The van der Waals surface area contributed by atoms with E-state index in [1.165, 1.54) is 18.3 Å². The Labute approximate surface area is 128 Å². The molecule has 0 aromatic carbocycles. The first kappa shape index (κ1) is 15.5. The van der Waals surface area contributed by atoms with E-state index in [0.717, 1.165) is 16.3 Å². The van der Waals surface area contributed by atoms with Crippen molar-refractivity contribution in [3.63, 3.8) is 0 Å². The van der Waals surface area contributed by atoms with Gasteiger partial charge in [-0.3, -0.25) is 4.79 Å². The van der Waals surface area contributed by atoms with Crippen molar-refractivity contribution in [3.05, 3.63) is 44.9 Å². The molecule has 0 saturated heterocycles. The zero-order chi connectivity index (χ0) is 15.6. The zero-order valence-corrected chi connectivity index (χ0v) is 13.5. The highest BCUT2D eigenvalue weighted by Crippen LogP contribution is 2.40. The molecule has 1 aromatic heterocycles. The SMILES string of the molecule is CCOC(=O)C1=C(C)NC(C)=C(C(C)=O)C1c1cccs1. The summed E-state index contributed by atoms with van der Waals surface area (Å²) in [6, 6.07) is 3.87. The van der Waals surface area contributed by atoms with E-state index < -0.39 is 0 Å². The van der Waals surface area contributed by atoms with Crippen molar-refractivity contribution < 1.29 is 14.3 Å². The van der Waals surface area contributed by atoms with Crippen LogP contribution in [0.3, 0.4) is 0 Å². The number of dihydropyridines is 1. The summed E-state index contributed by atoms with van der Waals surface area (Å²) in [4.78, 5) is 25.4. The lowest BCUT2D eigenvalue weighted by Gasteiger charge is -2.29. The lowest BCUT2D eigenvalue weighted by molar-refractivity contribution is -0.138. The molecule has 1 N–H and O–H groups in total. The molecule has 0 fully saturated rings. The third-order valence-electron chi connectivity index (χ3n) is 3.46. The molecule has 112 valence electrons. The monoisotopic (exact) mass is 305 g/mol. The molecule has 1 aromatic rings. The van der Waals surface area contributed by atoms with Crippen molar-refractivity contribution in [1.29, 1.82) is 0 Å². The van der Waals surface area contributed by atoms with Crippen LogP contribution in [0.5, 0.6) is 0 Å². The first-order valence-corrected chi connectivity index (χ1v) is 7.75. The Balaban J connectivity index is 2.58. The van der Waals surface area contributed by atoms with Crippen LogP contribution in [-0.4, -0.2) is 18.4 Å². The molecule has 1 unspecified atom stereocenters. The number of ether oxygens (including phenoxy) is 1. The van der Waals surface area contributed by atoms with Gasteiger partial charge in [0.2, 0.25) is 0 Å². The van der Waals surface area contributed by atoms with Gasteiger partial charge in [0.05, 0.1) is 18.1 Å². The first-order chi connectivity index (χ1) is 9.97. The molecule has 1 aliphatic rings. The predicted molar refractivity (Wildman–Crippen MR) is 82.9 cm³/mol. The second-order valence-corrected chi connectivity index (χ2v) is 5.91. The summed E-state index contributed by atoms with van der Waals surface area (Å²) in [5, 5.41) is 5.08. The Kier molecular flexibility index (Phi) is 4.63. The van der Waals surface area contributed by atoms with E-state index in [1.54, 1.807) is 6.92 Å². The largest absolute Gasteiger partial charge is 0.463 e. The van der Waals surface area contributed by atoms with Gasteiger partial charge in [-0.2, -0.15) is 0 Å². The highest BCUT2D eigenvalue weighted by atomic mass is 32.1. The van der Waals surface area contributed by atoms with Gasteiger partial charge in [-0.05, 0) is 39.1 Å². The summed E-state index contributed by atoms with van der Waals surface area (Å²) >= 11 is 1.54. The van der Waals surface area contributed by atoms with Crippen LogP contribution >= 0.6 is 11.3 Å². The lowest BCUT2D eigenvalue weighted by atomic mass is 9.82. The van der Waals surface area contributed by atoms with Gasteiger partial charge in [-0.1, -0.05) is 6.07 Å². The Morgan fingerprint density at radius 3 is 2.48 bits per heavy atom. The van der Waals surface area contributed by atoms with E-state index in [-0.39, 0.29) is 17.7 Å². The van der Waals surface area contributed by atoms with Gasteiger partial charge in [0.1, 0.15) is 0 Å². The molecule has 0 spiro atoms. The van der Waals surface area contributed by atoms with Crippen LogP contribution in [-0.2, 0) is 14.3 Å². The number of hydrogen-bond donors (Lipinski definition) is 1. The number of ketones is 1. The number of carbonyl (C=O) groups is 2. The van der Waals surface area contributed by atoms with Gasteiger partial charge in [-0.25, -0.2) is 4.79 Å². The normalized spacial score (nSPS) is 18.6. The number of rotatable bonds is 4. The number of esters is 1. The maximum absolute atomic E-state index is 12.3. The second kappa shape index (κ2) is 6.26. The molecule has 4 nitrogen and oxygen atoms in total. The maximum Gasteiger partial charge on any atom is 0.336 e. The lowest BCUT2D eigenvalue weighted by Crippen LogP contribution is -2.30. The van der Waals surface area contributed by atoms with Gasteiger partial charge >= 0.3 is 5.97 Å². The molecule has 0 aliphatic carbocycles. The molecule has 0 amide bonds. The molecule has 2 rings (SSSR count). The highest BCUT2D eigenvalue weighted by molar-refractivity contribution is 7.10. The molecular weight excluding hydrogens is 286 g/mol. The molecule has 0 saturated carbocycles. The van der Waals surface area contributed by atoms with Gasteiger partial charge in [-0.15, -0.1) is 11.3 Å². The standard InChI is InChI=1S/C16H19NO3S/c1-5-20-16(19)14-10(3)17-9(2)13(11(4)18)15(14)12-7-6-8-21-12/h6-8,15,17H,5H2,1-4H3. The number of nitrogens with one attached hydrogen (secondary N) is 1. The fourth-order valence-electron chi connectivity index (χ4n) is 2.68. The van der Waals surface area contributed by atoms with Crippen LogP contribution in [0.2, 0.25) is 0 Å². The molecule has 0 radical (unpaired) electrons. The van der Waals surface area contributed by atoms with Gasteiger partial charge in [0.15, 0.2) is 5.78 Å². The van der Waals surface area contributed by atoms with Crippen LogP contribution in [0.1, 0.15) is 38.5 Å². The molecule has 1 atom stereocenters. The van der Waals surface area contributed by atoms with Crippen LogP contribution in [0, 0.1) is 0 Å². The molecule has 1 aliphatic heterocycles. The quantitative estimate of drug-likeness (QED) is 0.868. The number of thiophene rings is 1. The average Bonchev–Trinajstić information content (AvgIpc) is 2.90. The molecule has 5 heteroatoms. The van der Waals surface area contributed by atoms with Crippen molar-refractivity contribution in [3.8, 4) is 0 Å². The number of allylic oxidation sites excluding steroid dienone is 3. The summed E-state index contributed by atoms with van der Waals surface area (Å²) in [6.07, 6.45) is 0. The molecule has 21 heavy (non-hydrogen) atoms. The van der Waals surface area contributed by atoms with E-state index in [1.807, 2.05) is 31.4 Å². The Morgan fingerprint density at radius 1 is 1.29 bits per heavy atom. The third kappa shape index (κ3) is 2.93. The van der Waals surface area contributed by atoms with E-state index in [0.29, 0.717) is 17.8 Å². The van der Waals surface area contributed by atoms with Gasteiger partial charge < -0.3 is 10.1 Å². The van der Waals surface area contributed by atoms with E-state index in [2.05, 4.69) is 5.32 Å². The van der Waals surface area contributed by atoms with E-state index in [9.17, 15) is 9.59 Å². The van der Waals surface area contributed by atoms with Crippen LogP contribution in [0.15, 0.2) is 40.1 Å². The number of carbonyl (C=O) groups excluding carboxylic acids is 2. The summed E-state index contributed by atoms with van der Waals surface area (Å²) in [5.74, 6) is -0.748. The topological polar surface area (TPSA) is 55.4 Å². The van der Waals surface area contributed by atoms with Gasteiger partial charge in [0, 0.05) is 21.8 Å². The minimum absolute atomic E-state index is 0.0345. The Hall–Kier alpha value is -1.88. The van der Waals surface area contributed by atoms with Crippen LogP contribution in [0.4, 0.5) is 0 Å². The predicted octanol–water partition coefficient (Wildman–Crippen LogP) is 3.14. The number of Topliss-reactive ketones (excluding diaryl/α,β-unsaturated/α-hetero) is 1. The van der Waals surface area contributed by atoms with Gasteiger partial charge in [0.25, 0.3) is 0 Å². The highest BCUT2D eigenvalue weighted by Gasteiger charge is 2.36. The summed E-state index contributed by atoms with van der Waals surface area (Å²) in [7, 11) is 0. The fourth-order valence-corrected chi connectivity index (χ4v) is 3.52. The third-order valence-corrected chi connectivity index (χ3v) is 4.40. The zero-order valence-electron chi connectivity index (χ0n) is 12.6. The summed E-state index contributed by atoms with van der Waals surface area (Å²) < 4.78 is 5.18. The summed E-state index contributed by atoms with van der Waals surface area (Å²) in [6.45, 7) is 7.32. The van der Waals surface area contributed by atoms with Crippen molar-refractivity contribution in [1.82, 2.24) is 5.32 Å². The minimum atomic E-state index is -0.368. The average molecular weight is 305 g/mol. The second-order valence-electron chi connectivity index (χ2n) is 4.93. The van der Waals surface area contributed by atoms with Crippen LogP contribution in [0.25, 0.3) is 0 Å². The molecule has 0 bridgehead atoms. The fraction of sp³-hybridized carbons (Fsp3) is 0.375. The molecular formula is C16H19NO3S. The Morgan fingerprint density at radius 2 is 1.95 bits per heavy atom. The van der Waals surface area contributed by atoms with E-state index in [4.69, 9.17) is 4.74 Å². The first-order valence-electron chi connectivity index (χ1n) is 6.87. The van der Waals surface area contributed by atoms with Crippen molar-refractivity contribution in [2.24, 2.45) is 0 Å². The summed E-state index contributed by atoms with van der Waals surface area (Å²) in [5.41, 5.74) is 2.70. The van der Waals surface area contributed by atoms with E-state index >= 15 is 0 Å². The maximum atomic E-state index is 12.3. The van der Waals surface area contributed by atoms with Crippen molar-refractivity contribution >= 4 is 23.1 Å².